The Morgan fingerprint density at radius 2 is 1.69 bits per heavy atom. The van der Waals surface area contributed by atoms with Gasteiger partial charge in [-0.1, -0.05) is 18.2 Å². The average Bonchev–Trinajstić information content (AvgIpc) is 2.87. The minimum atomic E-state index is -0.711. The largest absolute Gasteiger partial charge is 0.450 e. The summed E-state index contributed by atoms with van der Waals surface area (Å²) < 4.78 is 4.18. The Bertz CT molecular complexity index is 845. The van der Waals surface area contributed by atoms with Gasteiger partial charge in [0.2, 0.25) is 0 Å². The quantitative estimate of drug-likeness (QED) is 0.510. The molecule has 0 bridgehead atoms. The first kappa shape index (κ1) is 18.6. The number of carbonyl (C=O) groups excluding carboxylic acids is 3. The predicted octanol–water partition coefficient (Wildman–Crippen LogP) is 2.50. The van der Waals surface area contributed by atoms with Crippen molar-refractivity contribution in [2.75, 3.05) is 11.5 Å². The normalized spacial score (nSPS) is 12.1. The third-order valence-electron chi connectivity index (χ3n) is 3.38. The summed E-state index contributed by atoms with van der Waals surface area (Å²) in [6.07, 6.45) is -0.711. The van der Waals surface area contributed by atoms with Crippen LogP contribution in [-0.2, 0) is 4.74 Å². The number of nitro groups is 1. The number of rotatable bonds is 3. The predicted molar refractivity (Wildman–Crippen MR) is 91.9 cm³/mol. The maximum atomic E-state index is 12.2. The van der Waals surface area contributed by atoms with Gasteiger partial charge in [0, 0.05) is 12.1 Å². The second-order valence-electron chi connectivity index (χ2n) is 5.02. The molecule has 9 nitrogen and oxygen atoms in total. The van der Waals surface area contributed by atoms with Crippen molar-refractivity contribution in [3.05, 3.63) is 69.8 Å². The van der Waals surface area contributed by atoms with Crippen LogP contribution in [0.2, 0.25) is 0 Å². The summed E-state index contributed by atoms with van der Waals surface area (Å²) in [6.45, 7) is 2.06. The molecule has 1 aliphatic rings. The lowest BCUT2D eigenvalue weighted by Crippen LogP contribution is -2.29. The highest BCUT2D eigenvalue weighted by Crippen LogP contribution is 2.30. The number of imide groups is 1. The zero-order valence-corrected chi connectivity index (χ0v) is 13.7. The first-order valence-corrected chi connectivity index (χ1v) is 7.51. The van der Waals surface area contributed by atoms with E-state index in [-0.39, 0.29) is 11.4 Å². The smallest absolute Gasteiger partial charge is 0.404 e. The molecule has 1 aliphatic heterocycles. The van der Waals surface area contributed by atoms with Gasteiger partial charge in [0.15, 0.2) is 0 Å². The number of nitrogens with zero attached hydrogens (tertiary/aromatic N) is 2. The molecule has 0 radical (unpaired) electrons. The van der Waals surface area contributed by atoms with E-state index in [0.717, 1.165) is 4.90 Å². The van der Waals surface area contributed by atoms with Gasteiger partial charge < -0.3 is 10.5 Å². The molecule has 0 aliphatic carbocycles. The van der Waals surface area contributed by atoms with Gasteiger partial charge in [-0.25, -0.2) is 9.69 Å². The third-order valence-corrected chi connectivity index (χ3v) is 3.38. The molecule has 0 atom stereocenters. The molecule has 3 rings (SSSR count). The fourth-order valence-corrected chi connectivity index (χ4v) is 2.31. The SMILES string of the molecule is CCOC(N)=O.O=C1c2ccccc2C(=O)N1c1cccc([N+](=O)[O-])c1. The summed E-state index contributed by atoms with van der Waals surface area (Å²) in [5.74, 6) is -0.933. The van der Waals surface area contributed by atoms with Crippen LogP contribution in [0.25, 0.3) is 0 Å². The van der Waals surface area contributed by atoms with Crippen LogP contribution < -0.4 is 10.6 Å². The fourth-order valence-electron chi connectivity index (χ4n) is 2.31. The highest BCUT2D eigenvalue weighted by molar-refractivity contribution is 6.34. The molecule has 3 amide bonds. The van der Waals surface area contributed by atoms with Gasteiger partial charge in [-0.2, -0.15) is 0 Å². The molecule has 1 heterocycles. The number of amides is 3. The van der Waals surface area contributed by atoms with Gasteiger partial charge in [-0.05, 0) is 25.1 Å². The van der Waals surface area contributed by atoms with E-state index < -0.39 is 22.8 Å². The lowest BCUT2D eigenvalue weighted by Gasteiger charge is -2.13. The summed E-state index contributed by atoms with van der Waals surface area (Å²) in [6, 6.07) is 11.9. The lowest BCUT2D eigenvalue weighted by molar-refractivity contribution is -0.384. The Morgan fingerprint density at radius 3 is 2.12 bits per heavy atom. The summed E-state index contributed by atoms with van der Waals surface area (Å²) in [7, 11) is 0. The van der Waals surface area contributed by atoms with Crippen molar-refractivity contribution in [1.29, 1.82) is 0 Å². The van der Waals surface area contributed by atoms with E-state index in [4.69, 9.17) is 0 Å². The van der Waals surface area contributed by atoms with Gasteiger partial charge in [0.1, 0.15) is 0 Å². The van der Waals surface area contributed by atoms with Crippen LogP contribution in [-0.4, -0.2) is 29.4 Å². The topological polar surface area (TPSA) is 133 Å². The van der Waals surface area contributed by atoms with Crippen molar-refractivity contribution in [3.63, 3.8) is 0 Å². The van der Waals surface area contributed by atoms with E-state index in [1.165, 1.54) is 24.3 Å². The van der Waals surface area contributed by atoms with Crippen molar-refractivity contribution in [2.45, 2.75) is 6.92 Å². The van der Waals surface area contributed by atoms with Crippen molar-refractivity contribution in [2.24, 2.45) is 5.73 Å². The zero-order chi connectivity index (χ0) is 19.3. The number of ether oxygens (including phenoxy) is 1. The van der Waals surface area contributed by atoms with Crippen molar-refractivity contribution >= 4 is 29.3 Å². The number of benzene rings is 2. The summed E-state index contributed by atoms with van der Waals surface area (Å²) >= 11 is 0. The zero-order valence-electron chi connectivity index (χ0n) is 13.7. The molecule has 0 saturated carbocycles. The molecular weight excluding hydrogens is 342 g/mol. The molecule has 2 N–H and O–H groups in total. The minimum Gasteiger partial charge on any atom is -0.450 e. The monoisotopic (exact) mass is 357 g/mol. The molecule has 9 heteroatoms. The van der Waals surface area contributed by atoms with Gasteiger partial charge >= 0.3 is 6.09 Å². The minimum absolute atomic E-state index is 0.168. The Labute approximate surface area is 148 Å². The van der Waals surface area contributed by atoms with Gasteiger partial charge in [0.25, 0.3) is 17.5 Å². The van der Waals surface area contributed by atoms with Gasteiger partial charge in [-0.3, -0.25) is 19.7 Å². The van der Waals surface area contributed by atoms with Crippen molar-refractivity contribution < 1.29 is 24.0 Å². The highest BCUT2D eigenvalue weighted by atomic mass is 16.6. The maximum absolute atomic E-state index is 12.2. The molecule has 0 unspecified atom stereocenters. The van der Waals surface area contributed by atoms with E-state index >= 15 is 0 Å². The number of nitro benzene ring substituents is 1. The Morgan fingerprint density at radius 1 is 1.12 bits per heavy atom. The molecule has 0 spiro atoms. The number of carbonyl (C=O) groups is 3. The molecular formula is C17H15N3O6. The summed E-state index contributed by atoms with van der Waals surface area (Å²) in [5, 5.41) is 10.8. The standard InChI is InChI=1S/C14H8N2O4.C3H7NO2/c17-13-11-6-1-2-7-12(11)14(18)15(13)9-4-3-5-10(8-9)16(19)20;1-2-6-3(4)5/h1-8H;2H2,1H3,(H2,4,5). The number of fused-ring (bicyclic) bond motifs is 1. The maximum Gasteiger partial charge on any atom is 0.404 e. The van der Waals surface area contributed by atoms with E-state index in [0.29, 0.717) is 17.7 Å². The van der Waals surface area contributed by atoms with Crippen LogP contribution in [0.15, 0.2) is 48.5 Å². The van der Waals surface area contributed by atoms with E-state index in [2.05, 4.69) is 10.5 Å². The van der Waals surface area contributed by atoms with Crippen LogP contribution in [0, 0.1) is 10.1 Å². The second-order valence-corrected chi connectivity index (χ2v) is 5.02. The summed E-state index contributed by atoms with van der Waals surface area (Å²) in [4.78, 5) is 45.2. The Kier molecular flexibility index (Phi) is 5.63. The molecule has 0 saturated heterocycles. The molecule has 0 fully saturated rings. The number of hydrogen-bond donors (Lipinski definition) is 1. The van der Waals surface area contributed by atoms with Crippen molar-refractivity contribution in [3.8, 4) is 0 Å². The lowest BCUT2D eigenvalue weighted by atomic mass is 10.1. The van der Waals surface area contributed by atoms with Crippen LogP contribution in [0.1, 0.15) is 27.6 Å². The number of hydrogen-bond acceptors (Lipinski definition) is 6. The Hall–Kier alpha value is -3.75. The van der Waals surface area contributed by atoms with Crippen molar-refractivity contribution in [1.82, 2.24) is 0 Å². The van der Waals surface area contributed by atoms with Gasteiger partial charge in [0.05, 0.1) is 28.3 Å². The van der Waals surface area contributed by atoms with E-state index in [1.54, 1.807) is 31.2 Å². The van der Waals surface area contributed by atoms with Crippen LogP contribution in [0.4, 0.5) is 16.2 Å². The Balaban J connectivity index is 0.000000352. The van der Waals surface area contributed by atoms with E-state index in [1.807, 2.05) is 0 Å². The summed E-state index contributed by atoms with van der Waals surface area (Å²) in [5.41, 5.74) is 5.19. The number of nitrogens with two attached hydrogens (primary N) is 1. The number of primary amides is 1. The third kappa shape index (κ3) is 3.83. The molecule has 26 heavy (non-hydrogen) atoms. The van der Waals surface area contributed by atoms with Crippen LogP contribution in [0.3, 0.4) is 0 Å². The average molecular weight is 357 g/mol. The number of anilines is 1. The first-order valence-electron chi connectivity index (χ1n) is 7.51. The molecule has 2 aromatic carbocycles. The molecule has 2 aromatic rings. The van der Waals surface area contributed by atoms with Gasteiger partial charge in [-0.15, -0.1) is 0 Å². The van der Waals surface area contributed by atoms with Crippen LogP contribution >= 0.6 is 0 Å². The first-order chi connectivity index (χ1) is 12.4. The van der Waals surface area contributed by atoms with Crippen LogP contribution in [0.5, 0.6) is 0 Å². The molecule has 134 valence electrons. The van der Waals surface area contributed by atoms with E-state index in [9.17, 15) is 24.5 Å². The highest BCUT2D eigenvalue weighted by Gasteiger charge is 2.36. The number of non-ortho nitro benzene ring substituents is 1. The second kappa shape index (κ2) is 7.88. The molecule has 0 aromatic heterocycles. The fraction of sp³-hybridized carbons (Fsp3) is 0.118.